The Bertz CT molecular complexity index is 2200. The maximum Gasteiger partial charge on any atom is 0.490 e. The normalized spacial score (nSPS) is 20.6. The van der Waals surface area contributed by atoms with Gasteiger partial charge in [-0.15, -0.1) is 0 Å². The third-order valence-corrected chi connectivity index (χ3v) is 10.3. The van der Waals surface area contributed by atoms with E-state index in [2.05, 4.69) is 26.3 Å². The van der Waals surface area contributed by atoms with Gasteiger partial charge in [-0.3, -0.25) is 4.79 Å². The summed E-state index contributed by atoms with van der Waals surface area (Å²) in [5, 5.41) is 32.7. The molecule has 0 unspecified atom stereocenters. The second kappa shape index (κ2) is 17.0. The van der Waals surface area contributed by atoms with Gasteiger partial charge in [-0.05, 0) is 36.1 Å². The topological polar surface area (TPSA) is 196 Å². The van der Waals surface area contributed by atoms with Crippen molar-refractivity contribution in [1.29, 1.82) is 0 Å². The summed E-state index contributed by atoms with van der Waals surface area (Å²) in [5.74, 6) is -2.53. The summed E-state index contributed by atoms with van der Waals surface area (Å²) in [6, 6.07) is 22.9. The summed E-state index contributed by atoms with van der Waals surface area (Å²) < 4.78 is 46.9. The molecule has 2 fully saturated rings. The fraction of sp³-hybridized carbons (Fsp3) is 0.350. The number of urea groups is 1. The molecule has 6 N–H and O–H groups in total. The second-order valence-electron chi connectivity index (χ2n) is 14.2. The average Bonchev–Trinajstić information content (AvgIpc) is 3.93. The molecule has 0 spiro atoms. The van der Waals surface area contributed by atoms with E-state index in [4.69, 9.17) is 14.7 Å². The van der Waals surface area contributed by atoms with E-state index < -0.39 is 48.4 Å². The Balaban J connectivity index is 1.23. The minimum absolute atomic E-state index is 0.00178. The van der Waals surface area contributed by atoms with Gasteiger partial charge in [0.15, 0.2) is 23.1 Å². The third kappa shape index (κ3) is 8.91. The molecule has 3 heterocycles. The van der Waals surface area contributed by atoms with Crippen LogP contribution >= 0.6 is 0 Å². The largest absolute Gasteiger partial charge is 0.508 e. The third-order valence-electron chi connectivity index (χ3n) is 10.3. The van der Waals surface area contributed by atoms with Crippen LogP contribution in [0, 0.1) is 0 Å². The number of hydrogen-bond acceptors (Lipinski definition) is 11. The first-order valence-corrected chi connectivity index (χ1v) is 18.8. The van der Waals surface area contributed by atoms with Crippen molar-refractivity contribution < 1.29 is 42.5 Å². The molecule has 18 heteroatoms. The minimum Gasteiger partial charge on any atom is -0.508 e. The number of benzene rings is 3. The van der Waals surface area contributed by atoms with Crippen LogP contribution < -0.4 is 26.2 Å². The molecule has 58 heavy (non-hydrogen) atoms. The van der Waals surface area contributed by atoms with Crippen molar-refractivity contribution in [3.63, 3.8) is 0 Å². The average molecular weight is 802 g/mol. The number of amides is 3. The number of nitrogens with one attached hydrogen (secondary N) is 4. The van der Waals surface area contributed by atoms with Crippen LogP contribution in [0.4, 0.5) is 35.4 Å². The predicted octanol–water partition coefficient (Wildman–Crippen LogP) is 4.85. The molecule has 1 saturated heterocycles. The van der Waals surface area contributed by atoms with Gasteiger partial charge in [-0.1, -0.05) is 73.7 Å². The quantitative estimate of drug-likeness (QED) is 0.0945. The van der Waals surface area contributed by atoms with Crippen LogP contribution in [0.3, 0.4) is 0 Å². The van der Waals surface area contributed by atoms with Gasteiger partial charge in [-0.25, -0.2) is 14.6 Å². The summed E-state index contributed by atoms with van der Waals surface area (Å²) in [4.78, 5) is 53.6. The van der Waals surface area contributed by atoms with E-state index in [0.717, 1.165) is 11.1 Å². The number of nitrogens with zero attached hydrogens (tertiary/aromatic N) is 5. The lowest BCUT2D eigenvalue weighted by Crippen LogP contribution is -2.45. The van der Waals surface area contributed by atoms with Gasteiger partial charge in [0.2, 0.25) is 11.9 Å². The number of anilines is 3. The highest BCUT2D eigenvalue weighted by Gasteiger charge is 2.51. The van der Waals surface area contributed by atoms with Gasteiger partial charge in [0.1, 0.15) is 11.9 Å². The molecule has 3 aromatic carbocycles. The Hall–Kier alpha value is -6.43. The zero-order chi connectivity index (χ0) is 41.0. The lowest BCUT2D eigenvalue weighted by molar-refractivity contribution is -0.209. The molecule has 15 nitrogen and oxygen atoms in total. The number of aromatic hydroxyl groups is 1. The van der Waals surface area contributed by atoms with Crippen molar-refractivity contribution in [3.8, 4) is 5.75 Å². The first-order valence-electron chi connectivity index (χ1n) is 18.8. The summed E-state index contributed by atoms with van der Waals surface area (Å²) >= 11 is 0. The Kier molecular flexibility index (Phi) is 11.6. The number of phenolic OH excluding ortho intramolecular Hbond substituents is 1. The molecule has 304 valence electrons. The van der Waals surface area contributed by atoms with Crippen molar-refractivity contribution in [2.75, 3.05) is 35.2 Å². The Morgan fingerprint density at radius 2 is 1.67 bits per heavy atom. The number of ether oxygens (including phenoxy) is 1. The number of carbonyl (C=O) groups excluding carboxylic acids is 3. The Morgan fingerprint density at radius 3 is 2.33 bits per heavy atom. The highest BCUT2D eigenvalue weighted by molar-refractivity contribution is 5.90. The number of hydrogen-bond donors (Lipinski definition) is 6. The van der Waals surface area contributed by atoms with Crippen LogP contribution in [0.1, 0.15) is 49.3 Å². The van der Waals surface area contributed by atoms with Crippen molar-refractivity contribution in [1.82, 2.24) is 30.2 Å². The van der Waals surface area contributed by atoms with E-state index in [1.165, 1.54) is 23.0 Å². The number of aliphatic hydroxyl groups is 1. The van der Waals surface area contributed by atoms with Gasteiger partial charge in [0, 0.05) is 49.8 Å². The molecule has 2 aromatic heterocycles. The van der Waals surface area contributed by atoms with Crippen molar-refractivity contribution in [2.24, 2.45) is 0 Å². The lowest BCUT2D eigenvalue weighted by atomic mass is 9.91. The van der Waals surface area contributed by atoms with Gasteiger partial charge in [0.25, 0.3) is 0 Å². The van der Waals surface area contributed by atoms with Crippen LogP contribution in [-0.2, 0) is 14.3 Å². The van der Waals surface area contributed by atoms with E-state index in [1.54, 1.807) is 19.1 Å². The summed E-state index contributed by atoms with van der Waals surface area (Å²) in [5.41, 5.74) is 2.91. The van der Waals surface area contributed by atoms with E-state index in [-0.39, 0.29) is 47.7 Å². The number of aliphatic hydroxyl groups excluding tert-OH is 1. The number of carbonyl (C=O) groups is 3. The van der Waals surface area contributed by atoms with Gasteiger partial charge in [0.05, 0.1) is 18.4 Å². The Labute approximate surface area is 330 Å². The molecule has 2 aliphatic rings. The molecule has 1 aliphatic carbocycles. The lowest BCUT2D eigenvalue weighted by Gasteiger charge is -2.25. The number of imidazole rings is 1. The van der Waals surface area contributed by atoms with E-state index in [0.29, 0.717) is 37.6 Å². The molecule has 7 rings (SSSR count). The van der Waals surface area contributed by atoms with E-state index >= 15 is 0 Å². The molecule has 5 aromatic rings. The number of aromatic nitrogens is 4. The van der Waals surface area contributed by atoms with Crippen molar-refractivity contribution >= 4 is 46.5 Å². The maximum atomic E-state index is 13.5. The second-order valence-corrected chi connectivity index (χ2v) is 14.2. The van der Waals surface area contributed by atoms with E-state index in [9.17, 15) is 37.8 Å². The SMILES string of the molecule is CCC(=O)N[C@H]1C[C@@H](n2cnc3c(NCC(c4ccccc4)c4ccccc4)nc(N4CC[C@@H](NC(=O)Nc5cccc(O)c5)C4)nc32)[C@H](OC(=O)C(F)(F)F)[C@@H]1O. The highest BCUT2D eigenvalue weighted by atomic mass is 19.4. The van der Waals surface area contributed by atoms with Crippen molar-refractivity contribution in [3.05, 3.63) is 102 Å². The Morgan fingerprint density at radius 1 is 0.966 bits per heavy atom. The molecule has 1 aliphatic heterocycles. The first kappa shape index (κ1) is 39.8. The maximum absolute atomic E-state index is 13.5. The molecular formula is C40H42F3N9O6. The molecule has 1 saturated carbocycles. The first-order chi connectivity index (χ1) is 27.9. The minimum atomic E-state index is -5.34. The number of fused-ring (bicyclic) bond motifs is 1. The highest BCUT2D eigenvalue weighted by Crippen LogP contribution is 2.38. The van der Waals surface area contributed by atoms with Crippen LogP contribution in [0.2, 0.25) is 0 Å². The summed E-state index contributed by atoms with van der Waals surface area (Å²) in [7, 11) is 0. The number of rotatable bonds is 12. The fourth-order valence-corrected chi connectivity index (χ4v) is 7.46. The number of phenols is 1. The van der Waals surface area contributed by atoms with E-state index in [1.807, 2.05) is 65.6 Å². The number of halogens is 3. The molecule has 5 atom stereocenters. The van der Waals surface area contributed by atoms with Crippen LogP contribution in [0.15, 0.2) is 91.3 Å². The van der Waals surface area contributed by atoms with Gasteiger partial charge < -0.3 is 45.7 Å². The molecule has 3 amide bonds. The predicted molar refractivity (Wildman–Crippen MR) is 207 cm³/mol. The zero-order valence-electron chi connectivity index (χ0n) is 31.3. The van der Waals surface area contributed by atoms with Crippen LogP contribution in [-0.4, -0.2) is 97.7 Å². The smallest absolute Gasteiger partial charge is 0.490 e. The zero-order valence-corrected chi connectivity index (χ0v) is 31.3. The molecular weight excluding hydrogens is 759 g/mol. The monoisotopic (exact) mass is 801 g/mol. The van der Waals surface area contributed by atoms with Crippen LogP contribution in [0.25, 0.3) is 11.2 Å². The van der Waals surface area contributed by atoms with Gasteiger partial charge in [-0.2, -0.15) is 23.1 Å². The number of esters is 1. The fourth-order valence-electron chi connectivity index (χ4n) is 7.46. The van der Waals surface area contributed by atoms with Gasteiger partial charge >= 0.3 is 18.2 Å². The summed E-state index contributed by atoms with van der Waals surface area (Å²) in [6.07, 6.45) is -6.94. The standard InChI is InChI=1S/C40H42F3N9O6/c1-2-31(54)48-29-19-30(34(33(29)55)58-37(56)40(41,42)43)52-22-45-32-35(44-20-28(23-10-5-3-6-11-23)24-12-7-4-8-13-24)49-38(50-36(32)52)51-17-16-26(21-51)47-39(57)46-25-14-9-15-27(53)18-25/h3-15,18,22,26,28-30,33-34,53,55H,2,16-17,19-21H2,1H3,(H,48,54)(H,44,49,50)(H2,46,47,57)/t26-,29+,30-,33-,34+/m1/s1. The summed E-state index contributed by atoms with van der Waals surface area (Å²) in [6.45, 7) is 2.66. The molecule has 0 bridgehead atoms. The molecule has 0 radical (unpaired) electrons. The number of alkyl halides is 3. The van der Waals surface area contributed by atoms with Crippen molar-refractivity contribution in [2.45, 2.75) is 68.6 Å². The van der Waals surface area contributed by atoms with Crippen LogP contribution in [0.5, 0.6) is 5.75 Å².